The molecule has 2 aromatic carbocycles. The standard InChI is InChI=1S/C24H20ClN3O3S2/c25-17-6-1-14(2-7-17)15-3-8-18(9-4-15)33-20-10-5-16(21(20)24(30)31)13-28-23(29)22-19(26-27-28)11-12-32-22/h1-4,6-9,11-12,16,20-21H,5,10,13H2,(H,30,31)/t16-,20-,21-/m0/s1. The monoisotopic (exact) mass is 497 g/mol. The molecule has 5 rings (SSSR count). The number of carboxylic acid groups (broad SMARTS) is 1. The van der Waals surface area contributed by atoms with Crippen molar-refractivity contribution in [2.45, 2.75) is 29.5 Å². The third kappa shape index (κ3) is 4.55. The predicted molar refractivity (Wildman–Crippen MR) is 132 cm³/mol. The Labute approximate surface area is 203 Å². The Hall–Kier alpha value is -2.68. The summed E-state index contributed by atoms with van der Waals surface area (Å²) >= 11 is 8.90. The Morgan fingerprint density at radius 2 is 1.79 bits per heavy atom. The Morgan fingerprint density at radius 3 is 2.48 bits per heavy atom. The van der Waals surface area contributed by atoms with Crippen LogP contribution in [0.2, 0.25) is 5.02 Å². The summed E-state index contributed by atoms with van der Waals surface area (Å²) in [7, 11) is 0. The molecule has 0 unspecified atom stereocenters. The topological polar surface area (TPSA) is 85.1 Å². The fourth-order valence-electron chi connectivity index (χ4n) is 4.42. The molecule has 2 heterocycles. The maximum Gasteiger partial charge on any atom is 0.307 e. The lowest BCUT2D eigenvalue weighted by Crippen LogP contribution is -2.33. The van der Waals surface area contributed by atoms with Crippen LogP contribution in [0.4, 0.5) is 0 Å². The van der Waals surface area contributed by atoms with E-state index < -0.39 is 11.9 Å². The van der Waals surface area contributed by atoms with E-state index in [2.05, 4.69) is 10.3 Å². The molecule has 0 radical (unpaired) electrons. The largest absolute Gasteiger partial charge is 0.481 e. The summed E-state index contributed by atoms with van der Waals surface area (Å²) in [5.41, 5.74) is 2.54. The number of aromatic nitrogens is 3. The van der Waals surface area contributed by atoms with Crippen molar-refractivity contribution in [1.29, 1.82) is 0 Å². The van der Waals surface area contributed by atoms with E-state index >= 15 is 0 Å². The fourth-order valence-corrected chi connectivity index (χ4v) is 6.70. The molecule has 4 aromatic rings. The zero-order valence-corrected chi connectivity index (χ0v) is 19.8. The van der Waals surface area contributed by atoms with Gasteiger partial charge in [-0.3, -0.25) is 9.59 Å². The molecule has 9 heteroatoms. The van der Waals surface area contributed by atoms with Crippen LogP contribution >= 0.6 is 34.7 Å². The van der Waals surface area contributed by atoms with Crippen molar-refractivity contribution in [2.75, 3.05) is 0 Å². The van der Waals surface area contributed by atoms with E-state index in [0.29, 0.717) is 15.2 Å². The normalized spacial score (nSPS) is 20.3. The van der Waals surface area contributed by atoms with E-state index in [4.69, 9.17) is 11.6 Å². The van der Waals surface area contributed by atoms with Crippen molar-refractivity contribution >= 4 is 50.9 Å². The highest BCUT2D eigenvalue weighted by molar-refractivity contribution is 8.00. The van der Waals surface area contributed by atoms with Crippen LogP contribution in [-0.4, -0.2) is 31.3 Å². The first-order valence-corrected chi connectivity index (χ1v) is 12.7. The number of benzene rings is 2. The summed E-state index contributed by atoms with van der Waals surface area (Å²) in [6.45, 7) is 0.267. The highest BCUT2D eigenvalue weighted by atomic mass is 35.5. The number of thiophene rings is 1. The molecule has 1 saturated carbocycles. The summed E-state index contributed by atoms with van der Waals surface area (Å²) in [6, 6.07) is 17.6. The zero-order valence-electron chi connectivity index (χ0n) is 17.4. The molecule has 1 aliphatic rings. The maximum absolute atomic E-state index is 12.7. The second kappa shape index (κ2) is 9.29. The quantitative estimate of drug-likeness (QED) is 0.381. The molecule has 1 aliphatic carbocycles. The minimum Gasteiger partial charge on any atom is -0.481 e. The Morgan fingerprint density at radius 1 is 1.09 bits per heavy atom. The summed E-state index contributed by atoms with van der Waals surface area (Å²) in [4.78, 5) is 25.9. The van der Waals surface area contributed by atoms with Gasteiger partial charge in [0.15, 0.2) is 0 Å². The van der Waals surface area contributed by atoms with Crippen molar-refractivity contribution in [3.63, 3.8) is 0 Å². The molecule has 0 saturated heterocycles. The van der Waals surface area contributed by atoms with Gasteiger partial charge in [-0.15, -0.1) is 28.2 Å². The molecule has 0 amide bonds. The van der Waals surface area contributed by atoms with Crippen molar-refractivity contribution in [3.05, 3.63) is 75.4 Å². The Bertz CT molecular complexity index is 1350. The minimum absolute atomic E-state index is 0.0667. The van der Waals surface area contributed by atoms with Gasteiger partial charge in [-0.1, -0.05) is 41.1 Å². The summed E-state index contributed by atoms with van der Waals surface area (Å²) in [5.74, 6) is -1.55. The first-order chi connectivity index (χ1) is 16.0. The highest BCUT2D eigenvalue weighted by Gasteiger charge is 2.42. The molecule has 168 valence electrons. The van der Waals surface area contributed by atoms with E-state index in [9.17, 15) is 14.7 Å². The minimum atomic E-state index is -0.828. The SMILES string of the molecule is O=C(O)[C@H]1[C@H](Cn2nnc3ccsc3c2=O)CC[C@@H]1Sc1ccc(-c2ccc(Cl)cc2)cc1. The van der Waals surface area contributed by atoms with E-state index in [1.165, 1.54) is 16.0 Å². The number of rotatable bonds is 6. The fraction of sp³-hybridized carbons (Fsp3) is 0.250. The Balaban J connectivity index is 1.31. The van der Waals surface area contributed by atoms with Gasteiger partial charge in [0.05, 0.1) is 12.5 Å². The van der Waals surface area contributed by atoms with Gasteiger partial charge in [-0.05, 0) is 65.6 Å². The second-order valence-electron chi connectivity index (χ2n) is 8.10. The molecule has 3 atom stereocenters. The van der Waals surface area contributed by atoms with Crippen LogP contribution in [0, 0.1) is 11.8 Å². The number of thioether (sulfide) groups is 1. The number of aliphatic carboxylic acids is 1. The molecule has 0 spiro atoms. The molecule has 1 fully saturated rings. The summed E-state index contributed by atoms with van der Waals surface area (Å²) in [5, 5.41) is 20.6. The number of carboxylic acids is 1. The zero-order chi connectivity index (χ0) is 22.9. The lowest BCUT2D eigenvalue weighted by atomic mass is 9.96. The van der Waals surface area contributed by atoms with Crippen molar-refractivity contribution < 1.29 is 9.90 Å². The van der Waals surface area contributed by atoms with Crippen LogP contribution in [0.25, 0.3) is 21.3 Å². The van der Waals surface area contributed by atoms with Crippen LogP contribution < -0.4 is 5.56 Å². The number of carbonyl (C=O) groups is 1. The predicted octanol–water partition coefficient (Wildman–Crippen LogP) is 5.45. The van der Waals surface area contributed by atoms with Crippen LogP contribution in [0.3, 0.4) is 0 Å². The van der Waals surface area contributed by atoms with Crippen molar-refractivity contribution in [3.8, 4) is 11.1 Å². The molecule has 33 heavy (non-hydrogen) atoms. The second-order valence-corrected chi connectivity index (χ2v) is 10.8. The average molecular weight is 498 g/mol. The third-order valence-electron chi connectivity index (χ3n) is 6.08. The number of hydrogen-bond acceptors (Lipinski definition) is 6. The third-order valence-corrected chi connectivity index (χ3v) is 8.60. The molecule has 2 aromatic heterocycles. The van der Waals surface area contributed by atoms with Crippen LogP contribution in [0.15, 0.2) is 69.7 Å². The van der Waals surface area contributed by atoms with Gasteiger partial charge in [0.2, 0.25) is 0 Å². The first kappa shape index (κ1) is 22.1. The Kier molecular flexibility index (Phi) is 6.23. The van der Waals surface area contributed by atoms with Crippen molar-refractivity contribution in [1.82, 2.24) is 15.0 Å². The summed E-state index contributed by atoms with van der Waals surface area (Å²) < 4.78 is 1.88. The van der Waals surface area contributed by atoms with Gasteiger partial charge in [0.25, 0.3) is 5.56 Å². The number of halogens is 1. The van der Waals surface area contributed by atoms with E-state index in [-0.39, 0.29) is 23.3 Å². The van der Waals surface area contributed by atoms with E-state index in [1.807, 2.05) is 53.9 Å². The maximum atomic E-state index is 12.7. The molecule has 1 N–H and O–H groups in total. The molecular weight excluding hydrogens is 478 g/mol. The van der Waals surface area contributed by atoms with Crippen LogP contribution in [0.1, 0.15) is 12.8 Å². The molecule has 0 bridgehead atoms. The van der Waals surface area contributed by atoms with Gasteiger partial charge in [0, 0.05) is 15.2 Å². The first-order valence-electron chi connectivity index (χ1n) is 10.6. The molecular formula is C24H20ClN3O3S2. The summed E-state index contributed by atoms with van der Waals surface area (Å²) in [6.07, 6.45) is 1.50. The average Bonchev–Trinajstić information content (AvgIpc) is 3.44. The van der Waals surface area contributed by atoms with Crippen LogP contribution in [-0.2, 0) is 11.3 Å². The lowest BCUT2D eigenvalue weighted by molar-refractivity contribution is -0.142. The number of nitrogens with zero attached hydrogens (tertiary/aromatic N) is 3. The lowest BCUT2D eigenvalue weighted by Gasteiger charge is -2.21. The van der Waals surface area contributed by atoms with Gasteiger partial charge < -0.3 is 5.11 Å². The number of fused-ring (bicyclic) bond motifs is 1. The molecule has 6 nitrogen and oxygen atoms in total. The highest BCUT2D eigenvalue weighted by Crippen LogP contribution is 2.43. The van der Waals surface area contributed by atoms with Gasteiger partial charge in [-0.2, -0.15) is 0 Å². The van der Waals surface area contributed by atoms with Gasteiger partial charge in [0.1, 0.15) is 10.2 Å². The van der Waals surface area contributed by atoms with Gasteiger partial charge in [-0.25, -0.2) is 4.68 Å². The number of hydrogen-bond donors (Lipinski definition) is 1. The van der Waals surface area contributed by atoms with Gasteiger partial charge >= 0.3 is 5.97 Å². The van der Waals surface area contributed by atoms with Crippen LogP contribution in [0.5, 0.6) is 0 Å². The van der Waals surface area contributed by atoms with Crippen molar-refractivity contribution in [2.24, 2.45) is 11.8 Å². The smallest absolute Gasteiger partial charge is 0.307 e. The van der Waals surface area contributed by atoms with E-state index in [0.717, 1.165) is 28.9 Å². The van der Waals surface area contributed by atoms with E-state index in [1.54, 1.807) is 17.8 Å². The molecule has 0 aliphatic heterocycles.